The average molecular weight is 670 g/mol. The predicted octanol–water partition coefficient (Wildman–Crippen LogP) is 12.0. The smallest absolute Gasteiger partial charge is 0.164 e. The summed E-state index contributed by atoms with van der Waals surface area (Å²) in [6.07, 6.45) is 12.6. The fourth-order valence-electron chi connectivity index (χ4n) is 8.29. The number of nitrogens with zero attached hydrogens (tertiary/aromatic N) is 3. The standard InChI is InChI=1S/C48H35N3O/c1-48(33-19-6-3-7-20-33)30-29-38(36-22-10-11-27-41(36)48)46-49-45(32-16-4-2-5-17-32)50-47(51-46)40-26-14-28-42-43(40)39-25-13-24-37(44(39)52-42)35-23-12-18-31-15-8-9-21-34(31)35/h2-16,18-29,32H,17,30H2,1H3. The van der Waals surface area contributed by atoms with Gasteiger partial charge in [0.25, 0.3) is 0 Å². The van der Waals surface area contributed by atoms with Crippen LogP contribution in [0, 0.1) is 0 Å². The van der Waals surface area contributed by atoms with Crippen LogP contribution in [0.15, 0.2) is 168 Å². The zero-order valence-corrected chi connectivity index (χ0v) is 28.8. The van der Waals surface area contributed by atoms with Crippen LogP contribution >= 0.6 is 0 Å². The van der Waals surface area contributed by atoms with Crippen LogP contribution in [0.25, 0.3) is 60.8 Å². The maximum absolute atomic E-state index is 6.75. The second-order valence-electron chi connectivity index (χ2n) is 14.1. The molecule has 4 heteroatoms. The number of rotatable bonds is 5. The van der Waals surface area contributed by atoms with Gasteiger partial charge in [0.05, 0.1) is 0 Å². The molecule has 2 aliphatic rings. The molecule has 248 valence electrons. The van der Waals surface area contributed by atoms with Gasteiger partial charge in [-0.1, -0.05) is 165 Å². The van der Waals surface area contributed by atoms with Gasteiger partial charge < -0.3 is 4.42 Å². The minimum Gasteiger partial charge on any atom is -0.455 e. The quantitative estimate of drug-likeness (QED) is 0.183. The van der Waals surface area contributed by atoms with Crippen molar-refractivity contribution in [3.8, 4) is 22.5 Å². The molecule has 0 spiro atoms. The largest absolute Gasteiger partial charge is 0.455 e. The van der Waals surface area contributed by atoms with Gasteiger partial charge in [0.15, 0.2) is 11.6 Å². The lowest BCUT2D eigenvalue weighted by atomic mass is 9.68. The van der Waals surface area contributed by atoms with Crippen molar-refractivity contribution >= 4 is 38.3 Å². The topological polar surface area (TPSA) is 51.8 Å². The number of allylic oxidation sites excluding steroid dienone is 5. The summed E-state index contributed by atoms with van der Waals surface area (Å²) in [6, 6.07) is 47.2. The summed E-state index contributed by atoms with van der Waals surface area (Å²) < 4.78 is 6.75. The molecule has 8 aromatic rings. The van der Waals surface area contributed by atoms with E-state index in [1.54, 1.807) is 0 Å². The lowest BCUT2D eigenvalue weighted by Gasteiger charge is -2.36. The van der Waals surface area contributed by atoms with Crippen LogP contribution < -0.4 is 0 Å². The van der Waals surface area contributed by atoms with E-state index in [1.165, 1.54) is 21.9 Å². The number of fused-ring (bicyclic) bond motifs is 5. The number of hydrogen-bond acceptors (Lipinski definition) is 4. The van der Waals surface area contributed by atoms with Crippen LogP contribution in [0.5, 0.6) is 0 Å². The Morgan fingerprint density at radius 3 is 2.23 bits per heavy atom. The van der Waals surface area contributed by atoms with Crippen molar-refractivity contribution < 1.29 is 4.42 Å². The van der Waals surface area contributed by atoms with Gasteiger partial charge >= 0.3 is 0 Å². The molecular weight excluding hydrogens is 635 g/mol. The molecule has 10 rings (SSSR count). The third-order valence-corrected chi connectivity index (χ3v) is 11.0. The molecule has 2 aromatic heterocycles. The molecule has 0 saturated heterocycles. The van der Waals surface area contributed by atoms with E-state index in [9.17, 15) is 0 Å². The molecule has 0 N–H and O–H groups in total. The lowest BCUT2D eigenvalue weighted by molar-refractivity contribution is 0.572. The van der Waals surface area contributed by atoms with Crippen LogP contribution in [-0.2, 0) is 5.41 Å². The van der Waals surface area contributed by atoms with Crippen LogP contribution in [0.4, 0.5) is 0 Å². The molecule has 0 fully saturated rings. The maximum Gasteiger partial charge on any atom is 0.164 e. The highest BCUT2D eigenvalue weighted by atomic mass is 16.3. The van der Waals surface area contributed by atoms with Crippen LogP contribution in [0.3, 0.4) is 0 Å². The Kier molecular flexibility index (Phi) is 7.10. The molecule has 4 nitrogen and oxygen atoms in total. The van der Waals surface area contributed by atoms with Gasteiger partial charge in [0.2, 0.25) is 0 Å². The van der Waals surface area contributed by atoms with Gasteiger partial charge in [-0.3, -0.25) is 0 Å². The molecule has 52 heavy (non-hydrogen) atoms. The predicted molar refractivity (Wildman–Crippen MR) is 212 cm³/mol. The van der Waals surface area contributed by atoms with Crippen molar-refractivity contribution in [2.75, 3.05) is 0 Å². The zero-order valence-electron chi connectivity index (χ0n) is 28.8. The molecule has 2 heterocycles. The first-order valence-electron chi connectivity index (χ1n) is 18.0. The Morgan fingerprint density at radius 1 is 0.615 bits per heavy atom. The number of aromatic nitrogens is 3. The molecule has 0 radical (unpaired) electrons. The Balaban J connectivity index is 1.17. The van der Waals surface area contributed by atoms with E-state index < -0.39 is 0 Å². The normalized spacial score (nSPS) is 18.2. The summed E-state index contributed by atoms with van der Waals surface area (Å²) in [6.45, 7) is 2.34. The molecule has 0 saturated carbocycles. The second kappa shape index (κ2) is 12.1. The fourth-order valence-corrected chi connectivity index (χ4v) is 8.29. The van der Waals surface area contributed by atoms with E-state index >= 15 is 0 Å². The van der Waals surface area contributed by atoms with E-state index in [4.69, 9.17) is 19.4 Å². The van der Waals surface area contributed by atoms with Crippen LogP contribution in [0.2, 0.25) is 0 Å². The summed E-state index contributed by atoms with van der Waals surface area (Å²) in [7, 11) is 0. The van der Waals surface area contributed by atoms with Gasteiger partial charge in [-0.2, -0.15) is 0 Å². The van der Waals surface area contributed by atoms with Crippen molar-refractivity contribution in [3.05, 3.63) is 192 Å². The second-order valence-corrected chi connectivity index (χ2v) is 14.1. The summed E-state index contributed by atoms with van der Waals surface area (Å²) in [4.78, 5) is 15.8. The van der Waals surface area contributed by atoms with E-state index in [2.05, 4.69) is 159 Å². The third-order valence-electron chi connectivity index (χ3n) is 11.0. The Morgan fingerprint density at radius 2 is 1.33 bits per heavy atom. The number of para-hydroxylation sites is 1. The summed E-state index contributed by atoms with van der Waals surface area (Å²) in [5, 5.41) is 4.45. The van der Waals surface area contributed by atoms with Crippen molar-refractivity contribution in [2.24, 2.45) is 0 Å². The number of benzene rings is 6. The lowest BCUT2D eigenvalue weighted by Crippen LogP contribution is -2.27. The van der Waals surface area contributed by atoms with E-state index in [-0.39, 0.29) is 11.3 Å². The summed E-state index contributed by atoms with van der Waals surface area (Å²) >= 11 is 0. The minimum atomic E-state index is -0.167. The Bertz CT molecular complexity index is 2770. The van der Waals surface area contributed by atoms with Crippen molar-refractivity contribution in [1.29, 1.82) is 0 Å². The molecule has 0 amide bonds. The maximum atomic E-state index is 6.75. The van der Waals surface area contributed by atoms with Gasteiger partial charge in [-0.25, -0.2) is 15.0 Å². The Hall–Kier alpha value is -6.39. The van der Waals surface area contributed by atoms with E-state index in [1.807, 2.05) is 12.1 Å². The van der Waals surface area contributed by atoms with Gasteiger partial charge in [0.1, 0.15) is 17.0 Å². The van der Waals surface area contributed by atoms with Gasteiger partial charge in [-0.15, -0.1) is 0 Å². The first kappa shape index (κ1) is 30.4. The van der Waals surface area contributed by atoms with E-state index in [0.29, 0.717) is 11.6 Å². The number of furan rings is 1. The SMILES string of the molecule is CC1(c2ccccc2)CC=C(c2nc(-c3cccc4oc5c(-c6cccc7ccccc67)cccc5c34)nc(C3C=CC=CC3)n2)c2ccccc21. The molecule has 0 bridgehead atoms. The molecule has 0 aliphatic heterocycles. The van der Waals surface area contributed by atoms with Gasteiger partial charge in [0, 0.05) is 38.8 Å². The third kappa shape index (κ3) is 4.86. The monoisotopic (exact) mass is 669 g/mol. The first-order chi connectivity index (χ1) is 25.7. The van der Waals surface area contributed by atoms with Crippen LogP contribution in [-0.4, -0.2) is 15.0 Å². The molecule has 6 aromatic carbocycles. The first-order valence-corrected chi connectivity index (χ1v) is 18.0. The van der Waals surface area contributed by atoms with Gasteiger partial charge in [-0.05, 0) is 51.9 Å². The highest BCUT2D eigenvalue weighted by Crippen LogP contribution is 2.46. The number of hydrogen-bond donors (Lipinski definition) is 0. The van der Waals surface area contributed by atoms with Crippen molar-refractivity contribution in [2.45, 2.75) is 31.1 Å². The summed E-state index contributed by atoms with van der Waals surface area (Å²) in [5.41, 5.74) is 9.45. The van der Waals surface area contributed by atoms with Crippen molar-refractivity contribution in [1.82, 2.24) is 15.0 Å². The summed E-state index contributed by atoms with van der Waals surface area (Å²) in [5.74, 6) is 2.18. The fraction of sp³-hybridized carbons (Fsp3) is 0.104. The molecular formula is C48H35N3O. The Labute approximate surface area is 302 Å². The van der Waals surface area contributed by atoms with E-state index in [0.717, 1.165) is 68.4 Å². The van der Waals surface area contributed by atoms with Crippen LogP contribution in [0.1, 0.15) is 54.0 Å². The van der Waals surface area contributed by atoms with Crippen molar-refractivity contribution in [3.63, 3.8) is 0 Å². The minimum absolute atomic E-state index is 0.0535. The molecule has 2 atom stereocenters. The average Bonchev–Trinajstić information content (AvgIpc) is 3.61. The zero-order chi connectivity index (χ0) is 34.6. The highest BCUT2D eigenvalue weighted by Gasteiger charge is 2.35. The molecule has 2 unspecified atom stereocenters. The molecule has 2 aliphatic carbocycles. The highest BCUT2D eigenvalue weighted by molar-refractivity contribution is 6.16.